The Labute approximate surface area is 250 Å². The number of nitrogens with zero attached hydrogens (tertiary/aromatic N) is 3. The van der Waals surface area contributed by atoms with Crippen LogP contribution in [0, 0.1) is 5.82 Å². The van der Waals surface area contributed by atoms with Crippen LogP contribution >= 0.6 is 11.6 Å². The van der Waals surface area contributed by atoms with Crippen molar-refractivity contribution in [1.82, 2.24) is 25.3 Å². The van der Waals surface area contributed by atoms with Gasteiger partial charge in [0, 0.05) is 30.3 Å². The van der Waals surface area contributed by atoms with Crippen molar-refractivity contribution in [3.63, 3.8) is 0 Å². The summed E-state index contributed by atoms with van der Waals surface area (Å²) in [6, 6.07) is 3.18. The molecular weight excluding hydrogens is 611 g/mol. The van der Waals surface area contributed by atoms with E-state index < -0.39 is 44.9 Å². The number of allylic oxidation sites excluding steroid dienone is 3. The number of amides is 1. The van der Waals surface area contributed by atoms with E-state index in [1.54, 1.807) is 13.0 Å². The average molecular weight is 638 g/mol. The van der Waals surface area contributed by atoms with E-state index in [0.717, 1.165) is 43.2 Å². The Bertz CT molecular complexity index is 1710. The minimum absolute atomic E-state index is 0.0258. The first-order chi connectivity index (χ1) is 20.5. The number of H-pyrrole nitrogens is 1. The van der Waals surface area contributed by atoms with E-state index in [1.807, 2.05) is 0 Å². The molecule has 1 aromatic carbocycles. The maximum Gasteiger partial charge on any atom is 0.407 e. The Hall–Kier alpha value is -4.11. The maximum absolute atomic E-state index is 15.0. The zero-order chi connectivity index (χ0) is 30.9. The fourth-order valence-corrected chi connectivity index (χ4v) is 6.14. The monoisotopic (exact) mass is 637 g/mol. The van der Waals surface area contributed by atoms with Crippen LogP contribution < -0.4 is 15.4 Å². The van der Waals surface area contributed by atoms with Crippen LogP contribution in [0.2, 0.25) is 5.02 Å². The number of sulfonamides is 1. The van der Waals surface area contributed by atoms with Crippen LogP contribution in [0.4, 0.5) is 29.6 Å². The second-order valence-electron chi connectivity index (χ2n) is 10.1. The molecule has 11 nitrogen and oxygen atoms in total. The van der Waals surface area contributed by atoms with Crippen LogP contribution in [0.1, 0.15) is 31.5 Å². The van der Waals surface area contributed by atoms with Gasteiger partial charge in [0.15, 0.2) is 5.25 Å². The molecule has 2 unspecified atom stereocenters. The van der Waals surface area contributed by atoms with Crippen molar-refractivity contribution in [3.05, 3.63) is 65.1 Å². The molecule has 0 saturated heterocycles. The number of methoxy groups -OCH3 is 1. The van der Waals surface area contributed by atoms with Crippen molar-refractivity contribution in [2.24, 2.45) is 0 Å². The van der Waals surface area contributed by atoms with Crippen LogP contribution in [-0.4, -0.2) is 65.6 Å². The molecule has 1 saturated carbocycles. The standard InChI is InChI=1S/C27H27ClF3N7O4S/c1-13(34-27(39)42-2)12-33-26-32-9-8-19(35-26)23-22(36-25(37-23)14-6-7-14)16-10-15(29)11-20(21(16)28)38-43(40,41)24-17(30)4-3-5-18(24)31/h3-5,8-11,13-14,17,24,38H,6-7,12H2,1-2H3,(H,34,39)(H,36,37)(H,32,33,35)/t13-,17?,24?/m0/s1. The third kappa shape index (κ3) is 6.77. The first-order valence-corrected chi connectivity index (χ1v) is 15.1. The third-order valence-electron chi connectivity index (χ3n) is 6.70. The number of ether oxygens (including phenoxy) is 1. The Morgan fingerprint density at radius 2 is 2.02 bits per heavy atom. The molecule has 4 N–H and O–H groups in total. The number of aromatic amines is 1. The number of nitrogens with one attached hydrogen (secondary N) is 4. The van der Waals surface area contributed by atoms with Crippen LogP contribution in [0.15, 0.2) is 48.5 Å². The smallest absolute Gasteiger partial charge is 0.407 e. The Morgan fingerprint density at radius 1 is 1.26 bits per heavy atom. The summed E-state index contributed by atoms with van der Waals surface area (Å²) in [5.74, 6) is -1.10. The number of anilines is 2. The first-order valence-electron chi connectivity index (χ1n) is 13.2. The summed E-state index contributed by atoms with van der Waals surface area (Å²) in [6.07, 6.45) is 3.33. The van der Waals surface area contributed by atoms with E-state index in [2.05, 4.69) is 40.0 Å². The van der Waals surface area contributed by atoms with Crippen LogP contribution in [-0.2, 0) is 14.8 Å². The largest absolute Gasteiger partial charge is 0.453 e. The summed E-state index contributed by atoms with van der Waals surface area (Å²) in [7, 11) is -3.47. The van der Waals surface area contributed by atoms with Gasteiger partial charge in [-0.25, -0.2) is 41.3 Å². The molecule has 2 aromatic heterocycles. The van der Waals surface area contributed by atoms with Crippen LogP contribution in [0.25, 0.3) is 22.6 Å². The maximum atomic E-state index is 15.0. The summed E-state index contributed by atoms with van der Waals surface area (Å²) in [5, 5.41) is 3.23. The quantitative estimate of drug-likeness (QED) is 0.236. The number of alkyl halides is 1. The lowest BCUT2D eigenvalue weighted by atomic mass is 10.1. The minimum atomic E-state index is -4.72. The van der Waals surface area contributed by atoms with E-state index in [9.17, 15) is 26.4 Å². The van der Waals surface area contributed by atoms with Gasteiger partial charge in [0.2, 0.25) is 16.0 Å². The molecule has 16 heteroatoms. The van der Waals surface area contributed by atoms with Crippen molar-refractivity contribution in [3.8, 4) is 22.6 Å². The minimum Gasteiger partial charge on any atom is -0.453 e. The Morgan fingerprint density at radius 3 is 2.72 bits per heavy atom. The van der Waals surface area contributed by atoms with E-state index in [1.165, 1.54) is 13.3 Å². The van der Waals surface area contributed by atoms with Crippen molar-refractivity contribution >= 4 is 39.4 Å². The zero-order valence-electron chi connectivity index (χ0n) is 22.9. The SMILES string of the molecule is COC(=O)N[C@@H](C)CNc1nccc(-c2[nH]c(C3CC3)nc2-c2cc(F)cc(NS(=O)(=O)C3C(F)=CC=CC3F)c2Cl)n1. The van der Waals surface area contributed by atoms with Crippen LogP contribution in [0.3, 0.4) is 0 Å². The molecule has 5 rings (SSSR count). The van der Waals surface area contributed by atoms with Gasteiger partial charge in [0.25, 0.3) is 0 Å². The van der Waals surface area contributed by atoms with Gasteiger partial charge in [-0.2, -0.15) is 0 Å². The van der Waals surface area contributed by atoms with Gasteiger partial charge < -0.3 is 20.4 Å². The second kappa shape index (κ2) is 12.2. The highest BCUT2D eigenvalue weighted by atomic mass is 35.5. The summed E-state index contributed by atoms with van der Waals surface area (Å²) >= 11 is 6.61. The predicted octanol–water partition coefficient (Wildman–Crippen LogP) is 5.23. The number of hydrogen-bond donors (Lipinski definition) is 4. The molecule has 43 heavy (non-hydrogen) atoms. The number of halogens is 4. The molecule has 0 radical (unpaired) electrons. The summed E-state index contributed by atoms with van der Waals surface area (Å²) in [4.78, 5) is 28.1. The molecule has 228 valence electrons. The van der Waals surface area contributed by atoms with Crippen molar-refractivity contribution in [2.45, 2.75) is 43.1 Å². The highest BCUT2D eigenvalue weighted by molar-refractivity contribution is 7.93. The number of hydrogen-bond acceptors (Lipinski definition) is 8. The van der Waals surface area contributed by atoms with Crippen molar-refractivity contribution < 1.29 is 31.1 Å². The van der Waals surface area contributed by atoms with Crippen molar-refractivity contribution in [1.29, 1.82) is 0 Å². The number of carbonyl (C=O) groups excluding carboxylic acids is 1. The number of alkyl carbamates (subject to hydrolysis) is 1. The molecule has 2 aliphatic rings. The predicted molar refractivity (Wildman–Crippen MR) is 155 cm³/mol. The van der Waals surface area contributed by atoms with E-state index in [0.29, 0.717) is 17.2 Å². The normalized spacial score (nSPS) is 19.0. The molecular formula is C27H27ClF3N7O4S. The summed E-state index contributed by atoms with van der Waals surface area (Å²) < 4.78 is 76.3. The molecule has 0 aliphatic heterocycles. The number of aromatic nitrogens is 4. The average Bonchev–Trinajstić information content (AvgIpc) is 3.71. The van der Waals surface area contributed by atoms with Gasteiger partial charge in [0.1, 0.15) is 23.6 Å². The van der Waals surface area contributed by atoms with Gasteiger partial charge in [-0.1, -0.05) is 17.7 Å². The lowest BCUT2D eigenvalue weighted by Crippen LogP contribution is -2.37. The molecule has 0 bridgehead atoms. The number of benzene rings is 1. The summed E-state index contributed by atoms with van der Waals surface area (Å²) in [5.41, 5.74) is 0.532. The highest BCUT2D eigenvalue weighted by Gasteiger charge is 2.39. The number of imidazole rings is 1. The lowest BCUT2D eigenvalue weighted by Gasteiger charge is -2.21. The number of carbonyl (C=O) groups is 1. The third-order valence-corrected chi connectivity index (χ3v) is 8.77. The number of rotatable bonds is 10. The topological polar surface area (TPSA) is 151 Å². The zero-order valence-corrected chi connectivity index (χ0v) is 24.4. The van der Waals surface area contributed by atoms with Crippen LogP contribution in [0.5, 0.6) is 0 Å². The molecule has 0 spiro atoms. The fraction of sp³-hybridized carbons (Fsp3) is 0.333. The molecule has 3 atom stereocenters. The molecule has 2 heterocycles. The van der Waals surface area contributed by atoms with Gasteiger partial charge in [-0.3, -0.25) is 4.72 Å². The fourth-order valence-electron chi connectivity index (χ4n) is 4.43. The highest BCUT2D eigenvalue weighted by Crippen LogP contribution is 2.44. The molecule has 1 amide bonds. The van der Waals surface area contributed by atoms with Gasteiger partial charge in [-0.05, 0) is 50.1 Å². The first kappa shape index (κ1) is 30.4. The van der Waals surface area contributed by atoms with Gasteiger partial charge in [-0.15, -0.1) is 0 Å². The van der Waals surface area contributed by atoms with E-state index in [-0.39, 0.29) is 40.7 Å². The Balaban J connectivity index is 1.49. The summed E-state index contributed by atoms with van der Waals surface area (Å²) in [6.45, 7) is 2.02. The van der Waals surface area contributed by atoms with E-state index >= 15 is 0 Å². The second-order valence-corrected chi connectivity index (χ2v) is 12.2. The molecule has 2 aliphatic carbocycles. The van der Waals surface area contributed by atoms with Crippen molar-refractivity contribution in [2.75, 3.05) is 23.7 Å². The van der Waals surface area contributed by atoms with Gasteiger partial charge >= 0.3 is 6.09 Å². The molecule has 1 fully saturated rings. The van der Waals surface area contributed by atoms with Gasteiger partial charge in [0.05, 0.1) is 34.9 Å². The Kier molecular flexibility index (Phi) is 8.64. The lowest BCUT2D eigenvalue weighted by molar-refractivity contribution is 0.168. The molecule has 3 aromatic rings. The van der Waals surface area contributed by atoms with E-state index in [4.69, 9.17) is 11.6 Å².